The molecule has 2 aromatic carbocycles. The number of anilines is 1. The first-order valence-electron chi connectivity index (χ1n) is 10.0. The van der Waals surface area contributed by atoms with Gasteiger partial charge in [-0.3, -0.25) is 4.79 Å². The number of benzene rings is 2. The molecule has 0 unspecified atom stereocenters. The highest BCUT2D eigenvalue weighted by atomic mass is 16.5. The highest BCUT2D eigenvalue weighted by molar-refractivity contribution is 6.00. The Hall–Kier alpha value is -3.02. The second-order valence-corrected chi connectivity index (χ2v) is 7.26. The molecule has 6 nitrogen and oxygen atoms in total. The Balaban J connectivity index is 1.59. The summed E-state index contributed by atoms with van der Waals surface area (Å²) in [5.41, 5.74) is 1.34. The van der Waals surface area contributed by atoms with Crippen LogP contribution in [0.25, 0.3) is 0 Å². The fourth-order valence-electron chi connectivity index (χ4n) is 3.58. The van der Waals surface area contributed by atoms with Crippen molar-refractivity contribution in [3.63, 3.8) is 0 Å². The average molecular weight is 397 g/mol. The Morgan fingerprint density at radius 2 is 1.83 bits per heavy atom. The van der Waals surface area contributed by atoms with Gasteiger partial charge < -0.3 is 19.9 Å². The van der Waals surface area contributed by atoms with Crippen molar-refractivity contribution in [2.75, 3.05) is 12.4 Å². The van der Waals surface area contributed by atoms with Gasteiger partial charge in [-0.25, -0.2) is 4.79 Å². The summed E-state index contributed by atoms with van der Waals surface area (Å²) in [5.74, 6) is 0.104. The first kappa shape index (κ1) is 20.7. The van der Waals surface area contributed by atoms with Crippen molar-refractivity contribution in [1.82, 2.24) is 0 Å². The van der Waals surface area contributed by atoms with Crippen molar-refractivity contribution in [2.24, 2.45) is 0 Å². The number of aromatic carboxylic acids is 1. The van der Waals surface area contributed by atoms with E-state index in [0.717, 1.165) is 24.2 Å². The highest BCUT2D eigenvalue weighted by Crippen LogP contribution is 2.32. The normalized spacial score (nSPS) is 14.2. The van der Waals surface area contributed by atoms with Gasteiger partial charge in [0.2, 0.25) is 5.91 Å². The van der Waals surface area contributed by atoms with Crippen LogP contribution >= 0.6 is 0 Å². The van der Waals surface area contributed by atoms with Crippen LogP contribution in [0.4, 0.5) is 5.69 Å². The monoisotopic (exact) mass is 397 g/mol. The minimum atomic E-state index is -1.07. The number of para-hydroxylation sites is 1. The average Bonchev–Trinajstić information content (AvgIpc) is 2.74. The first-order chi connectivity index (χ1) is 14.1. The van der Waals surface area contributed by atoms with Crippen LogP contribution in [0, 0.1) is 0 Å². The molecule has 0 aliphatic heterocycles. The van der Waals surface area contributed by atoms with E-state index in [4.69, 9.17) is 9.47 Å². The van der Waals surface area contributed by atoms with Gasteiger partial charge in [0.25, 0.3) is 0 Å². The minimum Gasteiger partial charge on any atom is -0.493 e. The molecule has 2 N–H and O–H groups in total. The van der Waals surface area contributed by atoms with Gasteiger partial charge in [-0.15, -0.1) is 0 Å². The van der Waals surface area contributed by atoms with E-state index in [0.29, 0.717) is 17.9 Å². The van der Waals surface area contributed by atoms with E-state index in [1.807, 2.05) is 18.2 Å². The van der Waals surface area contributed by atoms with Gasteiger partial charge in [0.05, 0.1) is 24.5 Å². The van der Waals surface area contributed by atoms with Crippen LogP contribution in [-0.4, -0.2) is 30.2 Å². The number of carbonyl (C=O) groups is 2. The number of rotatable bonds is 8. The Labute approximate surface area is 170 Å². The molecule has 1 saturated carbocycles. The van der Waals surface area contributed by atoms with E-state index in [-0.39, 0.29) is 24.0 Å². The third-order valence-corrected chi connectivity index (χ3v) is 5.15. The summed E-state index contributed by atoms with van der Waals surface area (Å²) in [6.07, 6.45) is 6.81. The van der Waals surface area contributed by atoms with Crippen LogP contribution in [0.5, 0.6) is 11.5 Å². The molecule has 1 aliphatic rings. The third-order valence-electron chi connectivity index (χ3n) is 5.15. The second kappa shape index (κ2) is 9.96. The molecule has 0 heterocycles. The fourth-order valence-corrected chi connectivity index (χ4v) is 3.58. The van der Waals surface area contributed by atoms with Gasteiger partial charge in [0.1, 0.15) is 0 Å². The molecule has 154 valence electrons. The Bertz CT molecular complexity index is 858. The summed E-state index contributed by atoms with van der Waals surface area (Å²) in [4.78, 5) is 23.5. The Morgan fingerprint density at radius 3 is 2.55 bits per heavy atom. The van der Waals surface area contributed by atoms with Crippen molar-refractivity contribution in [2.45, 2.75) is 51.0 Å². The lowest BCUT2D eigenvalue weighted by Gasteiger charge is -2.24. The summed E-state index contributed by atoms with van der Waals surface area (Å²) >= 11 is 0. The van der Waals surface area contributed by atoms with Crippen molar-refractivity contribution in [1.29, 1.82) is 0 Å². The lowest BCUT2D eigenvalue weighted by atomic mass is 9.98. The van der Waals surface area contributed by atoms with E-state index in [2.05, 4.69) is 5.32 Å². The van der Waals surface area contributed by atoms with Gasteiger partial charge in [0, 0.05) is 6.42 Å². The highest BCUT2D eigenvalue weighted by Gasteiger charge is 2.17. The SMILES string of the molecule is COc1cc(CCC(=O)Nc2ccccc2C(=O)O)ccc1OC1CCCCC1. The van der Waals surface area contributed by atoms with Crippen molar-refractivity contribution in [3.05, 3.63) is 53.6 Å². The quantitative estimate of drug-likeness (QED) is 0.676. The van der Waals surface area contributed by atoms with E-state index in [1.165, 1.54) is 25.3 Å². The van der Waals surface area contributed by atoms with Gasteiger partial charge in [-0.1, -0.05) is 24.6 Å². The van der Waals surface area contributed by atoms with Gasteiger partial charge in [-0.2, -0.15) is 0 Å². The number of hydrogen-bond acceptors (Lipinski definition) is 4. The van der Waals surface area contributed by atoms with Crippen molar-refractivity contribution < 1.29 is 24.2 Å². The van der Waals surface area contributed by atoms with Crippen molar-refractivity contribution in [3.8, 4) is 11.5 Å². The largest absolute Gasteiger partial charge is 0.493 e. The number of carboxylic acid groups (broad SMARTS) is 1. The van der Waals surface area contributed by atoms with Crippen LogP contribution in [0.15, 0.2) is 42.5 Å². The number of amides is 1. The minimum absolute atomic E-state index is 0.0757. The zero-order valence-corrected chi connectivity index (χ0v) is 16.6. The molecule has 0 radical (unpaired) electrons. The first-order valence-corrected chi connectivity index (χ1v) is 10.0. The van der Waals surface area contributed by atoms with Crippen LogP contribution in [0.3, 0.4) is 0 Å². The van der Waals surface area contributed by atoms with Gasteiger partial charge in [-0.05, 0) is 61.9 Å². The molecule has 0 bridgehead atoms. The summed E-state index contributed by atoms with van der Waals surface area (Å²) < 4.78 is 11.6. The molecule has 0 spiro atoms. The molecule has 6 heteroatoms. The summed E-state index contributed by atoms with van der Waals surface area (Å²) in [7, 11) is 1.61. The van der Waals surface area contributed by atoms with Crippen LogP contribution in [-0.2, 0) is 11.2 Å². The predicted octanol–water partition coefficient (Wildman–Crippen LogP) is 4.68. The van der Waals surface area contributed by atoms with Crippen LogP contribution in [0.2, 0.25) is 0 Å². The molecule has 0 aromatic heterocycles. The number of aryl methyl sites for hydroxylation is 1. The smallest absolute Gasteiger partial charge is 0.337 e. The zero-order valence-electron chi connectivity index (χ0n) is 16.6. The number of carboxylic acids is 1. The van der Waals surface area contributed by atoms with Gasteiger partial charge in [0.15, 0.2) is 11.5 Å². The summed E-state index contributed by atoms with van der Waals surface area (Å²) in [5, 5.41) is 11.9. The number of methoxy groups -OCH3 is 1. The lowest BCUT2D eigenvalue weighted by Crippen LogP contribution is -2.20. The topological polar surface area (TPSA) is 84.9 Å². The van der Waals surface area contributed by atoms with Crippen molar-refractivity contribution >= 4 is 17.6 Å². The van der Waals surface area contributed by atoms with E-state index >= 15 is 0 Å². The molecule has 1 aliphatic carbocycles. The third kappa shape index (κ3) is 5.73. The maximum Gasteiger partial charge on any atom is 0.337 e. The van der Waals surface area contributed by atoms with Crippen LogP contribution < -0.4 is 14.8 Å². The molecule has 29 heavy (non-hydrogen) atoms. The molecule has 3 rings (SSSR count). The lowest BCUT2D eigenvalue weighted by molar-refractivity contribution is -0.116. The molecular weight excluding hydrogens is 370 g/mol. The maximum absolute atomic E-state index is 12.3. The predicted molar refractivity (Wildman–Crippen MR) is 111 cm³/mol. The molecule has 0 saturated heterocycles. The molecule has 1 fully saturated rings. The maximum atomic E-state index is 12.3. The number of ether oxygens (including phenoxy) is 2. The van der Waals surface area contributed by atoms with E-state index in [9.17, 15) is 14.7 Å². The number of carbonyl (C=O) groups excluding carboxylic acids is 1. The Morgan fingerprint density at radius 1 is 1.07 bits per heavy atom. The Kier molecular flexibility index (Phi) is 7.11. The molecular formula is C23H27NO5. The number of hydrogen-bond donors (Lipinski definition) is 2. The van der Waals surface area contributed by atoms with Crippen LogP contribution in [0.1, 0.15) is 54.4 Å². The fraction of sp³-hybridized carbons (Fsp3) is 0.391. The summed E-state index contributed by atoms with van der Waals surface area (Å²) in [6.45, 7) is 0. The zero-order chi connectivity index (χ0) is 20.6. The van der Waals surface area contributed by atoms with Gasteiger partial charge >= 0.3 is 5.97 Å². The van der Waals surface area contributed by atoms with E-state index in [1.54, 1.807) is 25.3 Å². The standard InChI is InChI=1S/C23H27NO5/c1-28-21-15-16(11-13-20(21)29-17-7-3-2-4-8-17)12-14-22(25)24-19-10-6-5-9-18(19)23(26)27/h5-6,9-11,13,15,17H,2-4,7-8,12,14H2,1H3,(H,24,25)(H,26,27). The molecule has 0 atom stereocenters. The molecule has 1 amide bonds. The second-order valence-electron chi connectivity index (χ2n) is 7.26. The van der Waals surface area contributed by atoms with E-state index < -0.39 is 5.97 Å². The molecule has 2 aromatic rings. The summed E-state index contributed by atoms with van der Waals surface area (Å²) in [6, 6.07) is 12.1. The number of nitrogens with one attached hydrogen (secondary N) is 1.